The number of fused-ring (bicyclic) bond motifs is 9. The molecule has 36 heavy (non-hydrogen) atoms. The monoisotopic (exact) mass is 499 g/mol. The fourth-order valence-electron chi connectivity index (χ4n) is 6.29. The van der Waals surface area contributed by atoms with E-state index in [-0.39, 0.29) is 18.6 Å². The Labute approximate surface area is 214 Å². The van der Waals surface area contributed by atoms with Crippen LogP contribution in [-0.2, 0) is 16.1 Å². The molecule has 7 rings (SSSR count). The van der Waals surface area contributed by atoms with Crippen LogP contribution in [0.25, 0.3) is 15.8 Å². The summed E-state index contributed by atoms with van der Waals surface area (Å²) < 4.78 is 10.6. The van der Waals surface area contributed by atoms with E-state index in [9.17, 15) is 9.90 Å². The van der Waals surface area contributed by atoms with Crippen LogP contribution in [0.4, 0.5) is 11.4 Å². The molecule has 0 N–H and O–H groups in total. The number of unbranched alkanes of at least 4 members (excludes halogenated alkanes) is 2. The number of hydrogen-bond donors (Lipinski definition) is 0. The molecule has 0 radical (unpaired) electrons. The maximum atomic E-state index is 10.8. The van der Waals surface area contributed by atoms with Gasteiger partial charge in [0, 0.05) is 37.1 Å². The number of carbonyl (C=O) groups is 1. The second kappa shape index (κ2) is 8.75. The standard InChI is InChI=1S/C29H29N3O3S/c33-27(34)12-2-1-7-15-30-21-8-3-4-9-22(21)31-16-13-24-19(28(30)31)18-20-25(35-24)14-17-32-23-10-5-6-11-26(23)36-29(20)32/h3-6,8-11,18,24-25H,1-2,7,12-17H2. The van der Waals surface area contributed by atoms with Crippen LogP contribution < -0.4 is 19.5 Å². The first-order chi connectivity index (χ1) is 17.7. The molecular weight excluding hydrogens is 470 g/mol. The SMILES string of the molecule is O=C([O-])CCCCCN1C2=C3C=C4c5sc6ccccc6[n+]5CCC4OC3CCN2c2ccccc21. The number of carbonyl (C=O) groups excluding carboxylic acids is 1. The van der Waals surface area contributed by atoms with E-state index in [1.54, 1.807) is 0 Å². The van der Waals surface area contributed by atoms with Gasteiger partial charge >= 0.3 is 0 Å². The van der Waals surface area contributed by atoms with Crippen molar-refractivity contribution in [1.82, 2.24) is 0 Å². The van der Waals surface area contributed by atoms with E-state index in [1.807, 2.05) is 11.3 Å². The largest absolute Gasteiger partial charge is 0.550 e. The second-order valence-corrected chi connectivity index (χ2v) is 11.1. The molecule has 4 aliphatic heterocycles. The molecule has 7 heteroatoms. The number of ether oxygens (including phenoxy) is 1. The maximum absolute atomic E-state index is 10.8. The van der Waals surface area contributed by atoms with Crippen LogP contribution in [0.5, 0.6) is 0 Å². The highest BCUT2D eigenvalue weighted by Gasteiger charge is 2.45. The molecular formula is C29H29N3O3S. The quantitative estimate of drug-likeness (QED) is 0.379. The molecule has 0 saturated carbocycles. The van der Waals surface area contributed by atoms with Gasteiger partial charge in [0.1, 0.15) is 10.5 Å². The minimum absolute atomic E-state index is 0.112. The minimum atomic E-state index is -0.959. The summed E-state index contributed by atoms with van der Waals surface area (Å²) in [4.78, 5) is 15.7. The van der Waals surface area contributed by atoms with Crippen molar-refractivity contribution in [3.05, 3.63) is 71.0 Å². The van der Waals surface area contributed by atoms with Crippen LogP contribution in [0.2, 0.25) is 0 Å². The number of rotatable bonds is 6. The molecule has 5 heterocycles. The van der Waals surface area contributed by atoms with Gasteiger partial charge in [0.05, 0.1) is 29.2 Å². The van der Waals surface area contributed by atoms with Crippen molar-refractivity contribution in [2.75, 3.05) is 22.9 Å². The first-order valence-electron chi connectivity index (χ1n) is 13.1. The second-order valence-electron chi connectivity index (χ2n) is 10.1. The third-order valence-electron chi connectivity index (χ3n) is 7.91. The zero-order chi connectivity index (χ0) is 24.2. The summed E-state index contributed by atoms with van der Waals surface area (Å²) in [5, 5.41) is 12.2. The molecule has 0 fully saturated rings. The average Bonchev–Trinajstić information content (AvgIpc) is 3.43. The summed E-state index contributed by atoms with van der Waals surface area (Å²) in [7, 11) is 0. The predicted molar refractivity (Wildman–Crippen MR) is 140 cm³/mol. The van der Waals surface area contributed by atoms with E-state index >= 15 is 0 Å². The van der Waals surface area contributed by atoms with Crippen molar-refractivity contribution in [2.45, 2.75) is 57.3 Å². The smallest absolute Gasteiger partial charge is 0.268 e. The van der Waals surface area contributed by atoms with Crippen LogP contribution in [-0.4, -0.2) is 31.3 Å². The Morgan fingerprint density at radius 3 is 2.75 bits per heavy atom. The number of aromatic nitrogens is 1. The number of aryl methyl sites for hydroxylation is 1. The van der Waals surface area contributed by atoms with Crippen LogP contribution in [0.1, 0.15) is 43.5 Å². The summed E-state index contributed by atoms with van der Waals surface area (Å²) >= 11 is 1.87. The Bertz CT molecular complexity index is 1420. The van der Waals surface area contributed by atoms with Gasteiger partial charge in [-0.3, -0.25) is 0 Å². The fraction of sp³-hybridized carbons (Fsp3) is 0.379. The molecule has 6 nitrogen and oxygen atoms in total. The van der Waals surface area contributed by atoms with Crippen LogP contribution in [0.3, 0.4) is 0 Å². The molecule has 2 unspecified atom stereocenters. The van der Waals surface area contributed by atoms with Gasteiger partial charge in [0.15, 0.2) is 6.54 Å². The highest BCUT2D eigenvalue weighted by atomic mass is 32.1. The summed E-state index contributed by atoms with van der Waals surface area (Å²) in [6.45, 7) is 2.80. The van der Waals surface area contributed by atoms with Gasteiger partial charge in [0.2, 0.25) is 5.52 Å². The lowest BCUT2D eigenvalue weighted by Crippen LogP contribution is -2.48. The number of carboxylic acids is 1. The molecule has 0 saturated heterocycles. The van der Waals surface area contributed by atoms with Crippen molar-refractivity contribution in [3.8, 4) is 0 Å². The third kappa shape index (κ3) is 3.48. The van der Waals surface area contributed by atoms with Gasteiger partial charge in [-0.05, 0) is 50.0 Å². The first kappa shape index (κ1) is 22.1. The van der Waals surface area contributed by atoms with Gasteiger partial charge < -0.3 is 24.4 Å². The van der Waals surface area contributed by atoms with Crippen molar-refractivity contribution < 1.29 is 19.2 Å². The molecule has 4 aliphatic rings. The van der Waals surface area contributed by atoms with Crippen LogP contribution in [0.15, 0.2) is 66.0 Å². The Kier molecular flexibility index (Phi) is 5.36. The molecule has 3 aromatic rings. The molecule has 2 aromatic carbocycles. The van der Waals surface area contributed by atoms with E-state index in [0.29, 0.717) is 6.42 Å². The molecule has 1 aromatic heterocycles. The zero-order valence-corrected chi connectivity index (χ0v) is 21.0. The molecule has 2 atom stereocenters. The van der Waals surface area contributed by atoms with Gasteiger partial charge in [-0.2, -0.15) is 4.57 Å². The van der Waals surface area contributed by atoms with E-state index in [2.05, 4.69) is 69.0 Å². The Morgan fingerprint density at radius 2 is 1.86 bits per heavy atom. The van der Waals surface area contributed by atoms with Crippen molar-refractivity contribution in [2.24, 2.45) is 0 Å². The summed E-state index contributed by atoms with van der Waals surface area (Å²) in [5.41, 5.74) is 6.40. The molecule has 0 bridgehead atoms. The molecule has 0 spiro atoms. The maximum Gasteiger partial charge on any atom is 0.268 e. The lowest BCUT2D eigenvalue weighted by Gasteiger charge is -2.40. The van der Waals surface area contributed by atoms with Crippen molar-refractivity contribution in [1.29, 1.82) is 0 Å². The number of anilines is 2. The van der Waals surface area contributed by atoms with E-state index in [1.165, 1.54) is 43.6 Å². The van der Waals surface area contributed by atoms with Gasteiger partial charge in [0.25, 0.3) is 5.01 Å². The lowest BCUT2D eigenvalue weighted by atomic mass is 9.91. The van der Waals surface area contributed by atoms with Gasteiger partial charge in [-0.25, -0.2) is 0 Å². The highest BCUT2D eigenvalue weighted by molar-refractivity contribution is 7.19. The predicted octanol–water partition coefficient (Wildman–Crippen LogP) is 4.00. The number of para-hydroxylation sites is 3. The van der Waals surface area contributed by atoms with Gasteiger partial charge in [-0.1, -0.05) is 42.0 Å². The topological polar surface area (TPSA) is 59.7 Å². The number of carboxylic acid groups (broad SMARTS) is 1. The Morgan fingerprint density at radius 1 is 1.03 bits per heavy atom. The summed E-state index contributed by atoms with van der Waals surface area (Å²) in [6, 6.07) is 17.3. The van der Waals surface area contributed by atoms with E-state index in [0.717, 1.165) is 45.3 Å². The summed E-state index contributed by atoms with van der Waals surface area (Å²) in [5.74, 6) is 0.288. The van der Waals surface area contributed by atoms with Crippen molar-refractivity contribution in [3.63, 3.8) is 0 Å². The molecule has 0 aliphatic carbocycles. The lowest BCUT2D eigenvalue weighted by molar-refractivity contribution is -0.674. The van der Waals surface area contributed by atoms with E-state index < -0.39 is 5.97 Å². The summed E-state index contributed by atoms with van der Waals surface area (Å²) in [6.07, 6.45) is 7.31. The molecule has 184 valence electrons. The first-order valence-corrected chi connectivity index (χ1v) is 13.9. The van der Waals surface area contributed by atoms with Crippen LogP contribution in [0, 0.1) is 0 Å². The molecule has 0 amide bonds. The zero-order valence-electron chi connectivity index (χ0n) is 20.2. The number of aliphatic carboxylic acids is 1. The highest BCUT2D eigenvalue weighted by Crippen LogP contribution is 2.49. The van der Waals surface area contributed by atoms with Crippen molar-refractivity contribution >= 4 is 44.5 Å². The number of hydrogen-bond acceptors (Lipinski definition) is 6. The minimum Gasteiger partial charge on any atom is -0.550 e. The van der Waals surface area contributed by atoms with Gasteiger partial charge in [-0.15, -0.1) is 0 Å². The Balaban J connectivity index is 1.30. The fourth-order valence-corrected chi connectivity index (χ4v) is 7.54. The Hall–Kier alpha value is -3.16. The number of nitrogens with zero attached hydrogens (tertiary/aromatic N) is 3. The van der Waals surface area contributed by atoms with Crippen LogP contribution >= 0.6 is 11.3 Å². The van der Waals surface area contributed by atoms with E-state index in [4.69, 9.17) is 4.74 Å². The number of thiazole rings is 1. The average molecular weight is 500 g/mol. The number of benzene rings is 2. The third-order valence-corrected chi connectivity index (χ3v) is 9.13. The normalized spacial score (nSPS) is 22.1.